The molecule has 2 aromatic rings. The van der Waals surface area contributed by atoms with Crippen LogP contribution in [0.1, 0.15) is 11.3 Å². The molecule has 0 aliphatic heterocycles. The Bertz CT molecular complexity index is 589. The summed E-state index contributed by atoms with van der Waals surface area (Å²) in [4.78, 5) is 0.283. The SMILES string of the molecule is Cc1nn(C)c(Nc2ccc(F)cc2)c1C(N)=S. The molecule has 0 aliphatic carbocycles. The van der Waals surface area contributed by atoms with Crippen molar-refractivity contribution in [1.82, 2.24) is 9.78 Å². The van der Waals surface area contributed by atoms with E-state index in [9.17, 15) is 4.39 Å². The smallest absolute Gasteiger partial charge is 0.138 e. The highest BCUT2D eigenvalue weighted by atomic mass is 32.1. The number of nitrogens with one attached hydrogen (secondary N) is 1. The van der Waals surface area contributed by atoms with Crippen LogP contribution in [-0.4, -0.2) is 14.8 Å². The number of benzene rings is 1. The van der Waals surface area contributed by atoms with Crippen molar-refractivity contribution in [2.75, 3.05) is 5.32 Å². The Balaban J connectivity index is 2.39. The average Bonchev–Trinajstić information content (AvgIpc) is 2.57. The van der Waals surface area contributed by atoms with Crippen LogP contribution in [0.3, 0.4) is 0 Å². The summed E-state index contributed by atoms with van der Waals surface area (Å²) < 4.78 is 14.5. The first-order valence-corrected chi connectivity index (χ1v) is 5.76. The lowest BCUT2D eigenvalue weighted by molar-refractivity contribution is 0.628. The number of rotatable bonds is 3. The number of nitrogens with two attached hydrogens (primary N) is 1. The zero-order chi connectivity index (χ0) is 13.3. The Morgan fingerprint density at radius 1 is 1.39 bits per heavy atom. The molecule has 6 heteroatoms. The summed E-state index contributed by atoms with van der Waals surface area (Å²) in [6.07, 6.45) is 0. The van der Waals surface area contributed by atoms with Gasteiger partial charge in [0.05, 0.1) is 11.3 Å². The highest BCUT2D eigenvalue weighted by molar-refractivity contribution is 7.80. The van der Waals surface area contributed by atoms with Gasteiger partial charge in [-0.15, -0.1) is 0 Å². The molecule has 0 atom stereocenters. The van der Waals surface area contributed by atoms with Gasteiger partial charge in [0.1, 0.15) is 16.6 Å². The van der Waals surface area contributed by atoms with Gasteiger partial charge in [-0.3, -0.25) is 4.68 Å². The van der Waals surface area contributed by atoms with Gasteiger partial charge in [0, 0.05) is 12.7 Å². The van der Waals surface area contributed by atoms with Gasteiger partial charge in [-0.05, 0) is 31.2 Å². The topological polar surface area (TPSA) is 55.9 Å². The Morgan fingerprint density at radius 2 is 2.00 bits per heavy atom. The second-order valence-electron chi connectivity index (χ2n) is 3.93. The van der Waals surface area contributed by atoms with Gasteiger partial charge in [-0.2, -0.15) is 5.10 Å². The standard InChI is InChI=1S/C12H13FN4S/c1-7-10(11(14)18)12(17(2)16-7)15-9-5-3-8(13)4-6-9/h3-6,15H,1-2H3,(H2,14,18). The zero-order valence-corrected chi connectivity index (χ0v) is 10.9. The largest absolute Gasteiger partial charge is 0.389 e. The van der Waals surface area contributed by atoms with Crippen molar-refractivity contribution >= 4 is 28.7 Å². The summed E-state index contributed by atoms with van der Waals surface area (Å²) in [7, 11) is 1.79. The lowest BCUT2D eigenvalue weighted by Crippen LogP contribution is -2.12. The lowest BCUT2D eigenvalue weighted by atomic mass is 10.2. The molecule has 2 rings (SSSR count). The van der Waals surface area contributed by atoms with Gasteiger partial charge < -0.3 is 11.1 Å². The first-order chi connectivity index (χ1) is 8.49. The second kappa shape index (κ2) is 4.73. The summed E-state index contributed by atoms with van der Waals surface area (Å²) in [6, 6.07) is 6.04. The van der Waals surface area contributed by atoms with Crippen molar-refractivity contribution in [3.8, 4) is 0 Å². The molecule has 0 fully saturated rings. The highest BCUT2D eigenvalue weighted by Crippen LogP contribution is 2.23. The van der Waals surface area contributed by atoms with Crippen LogP contribution in [0.2, 0.25) is 0 Å². The van der Waals surface area contributed by atoms with Gasteiger partial charge in [-0.25, -0.2) is 4.39 Å². The van der Waals surface area contributed by atoms with E-state index in [0.717, 1.165) is 11.4 Å². The summed E-state index contributed by atoms with van der Waals surface area (Å²) in [5.41, 5.74) is 7.90. The van der Waals surface area contributed by atoms with Crippen LogP contribution in [-0.2, 0) is 7.05 Å². The van der Waals surface area contributed by atoms with Crippen LogP contribution < -0.4 is 11.1 Å². The van der Waals surface area contributed by atoms with Gasteiger partial charge in [-0.1, -0.05) is 12.2 Å². The van der Waals surface area contributed by atoms with Crippen molar-refractivity contribution in [2.45, 2.75) is 6.92 Å². The van der Waals surface area contributed by atoms with Crippen LogP contribution in [0, 0.1) is 12.7 Å². The van der Waals surface area contributed by atoms with Crippen LogP contribution in [0.25, 0.3) is 0 Å². The quantitative estimate of drug-likeness (QED) is 0.835. The van der Waals surface area contributed by atoms with Gasteiger partial charge >= 0.3 is 0 Å². The molecule has 4 nitrogen and oxygen atoms in total. The summed E-state index contributed by atoms with van der Waals surface area (Å²) in [5.74, 6) is 0.419. The molecule has 0 saturated heterocycles. The maximum atomic E-state index is 12.8. The normalized spacial score (nSPS) is 10.4. The number of aryl methyl sites for hydroxylation is 2. The van der Waals surface area contributed by atoms with Crippen LogP contribution in [0.4, 0.5) is 15.9 Å². The third-order valence-corrected chi connectivity index (χ3v) is 2.78. The van der Waals surface area contributed by atoms with E-state index >= 15 is 0 Å². The minimum absolute atomic E-state index is 0.281. The number of nitrogens with zero attached hydrogens (tertiary/aromatic N) is 2. The monoisotopic (exact) mass is 264 g/mol. The Morgan fingerprint density at radius 3 is 2.56 bits per heavy atom. The fraction of sp³-hybridized carbons (Fsp3) is 0.167. The minimum atomic E-state index is -0.281. The molecular weight excluding hydrogens is 251 g/mol. The number of anilines is 2. The van der Waals surface area contributed by atoms with E-state index in [1.807, 2.05) is 6.92 Å². The van der Waals surface area contributed by atoms with E-state index in [4.69, 9.17) is 18.0 Å². The summed E-state index contributed by atoms with van der Waals surface area (Å²) >= 11 is 5.01. The molecule has 1 aromatic carbocycles. The number of hydrogen-bond donors (Lipinski definition) is 2. The third kappa shape index (κ3) is 2.33. The fourth-order valence-corrected chi connectivity index (χ4v) is 2.01. The fourth-order valence-electron chi connectivity index (χ4n) is 1.77. The predicted octanol–water partition coefficient (Wildman–Crippen LogP) is 2.25. The van der Waals surface area contributed by atoms with Crippen molar-refractivity contribution < 1.29 is 4.39 Å². The van der Waals surface area contributed by atoms with Gasteiger partial charge in [0.2, 0.25) is 0 Å². The van der Waals surface area contributed by atoms with E-state index in [2.05, 4.69) is 10.4 Å². The van der Waals surface area contributed by atoms with Crippen LogP contribution >= 0.6 is 12.2 Å². The molecule has 0 amide bonds. The molecule has 0 bridgehead atoms. The lowest BCUT2D eigenvalue weighted by Gasteiger charge is -2.09. The molecular formula is C12H13FN4S. The number of halogens is 1. The van der Waals surface area contributed by atoms with E-state index < -0.39 is 0 Å². The Labute approximate surface area is 110 Å². The molecule has 1 aromatic heterocycles. The van der Waals surface area contributed by atoms with E-state index in [1.165, 1.54) is 12.1 Å². The number of aromatic nitrogens is 2. The van der Waals surface area contributed by atoms with Gasteiger partial charge in [0.15, 0.2) is 0 Å². The van der Waals surface area contributed by atoms with Gasteiger partial charge in [0.25, 0.3) is 0 Å². The summed E-state index contributed by atoms with van der Waals surface area (Å²) in [6.45, 7) is 1.84. The van der Waals surface area contributed by atoms with Crippen molar-refractivity contribution in [1.29, 1.82) is 0 Å². The van der Waals surface area contributed by atoms with E-state index in [-0.39, 0.29) is 10.8 Å². The molecule has 3 N–H and O–H groups in total. The molecule has 0 unspecified atom stereocenters. The van der Waals surface area contributed by atoms with Crippen LogP contribution in [0.5, 0.6) is 0 Å². The molecule has 0 spiro atoms. The maximum absolute atomic E-state index is 12.8. The van der Waals surface area contributed by atoms with E-state index in [1.54, 1.807) is 23.9 Å². The van der Waals surface area contributed by atoms with Crippen molar-refractivity contribution in [3.63, 3.8) is 0 Å². The van der Waals surface area contributed by atoms with Crippen molar-refractivity contribution in [3.05, 3.63) is 41.3 Å². The van der Waals surface area contributed by atoms with E-state index in [0.29, 0.717) is 11.4 Å². The minimum Gasteiger partial charge on any atom is -0.389 e. The molecule has 94 valence electrons. The molecule has 1 heterocycles. The number of hydrogen-bond acceptors (Lipinski definition) is 3. The zero-order valence-electron chi connectivity index (χ0n) is 10.1. The second-order valence-corrected chi connectivity index (χ2v) is 4.37. The van der Waals surface area contributed by atoms with Crippen molar-refractivity contribution in [2.24, 2.45) is 12.8 Å². The Kier molecular flexibility index (Phi) is 3.29. The number of thiocarbonyl (C=S) groups is 1. The molecule has 18 heavy (non-hydrogen) atoms. The predicted molar refractivity (Wildman–Crippen MR) is 73.5 cm³/mol. The third-order valence-electron chi connectivity index (χ3n) is 2.58. The molecule has 0 aliphatic rings. The Hall–Kier alpha value is -1.95. The highest BCUT2D eigenvalue weighted by Gasteiger charge is 2.15. The first kappa shape index (κ1) is 12.5. The molecule has 0 saturated carbocycles. The summed E-state index contributed by atoms with van der Waals surface area (Å²) in [5, 5.41) is 7.40. The maximum Gasteiger partial charge on any atom is 0.138 e. The molecule has 0 radical (unpaired) electrons. The average molecular weight is 264 g/mol. The first-order valence-electron chi connectivity index (χ1n) is 5.35. The van der Waals surface area contributed by atoms with Crippen LogP contribution in [0.15, 0.2) is 24.3 Å².